The average molecular weight is 436 g/mol. The quantitative estimate of drug-likeness (QED) is 0.653. The number of piperidine rings is 1. The van der Waals surface area contributed by atoms with E-state index in [9.17, 15) is 22.8 Å². The summed E-state index contributed by atoms with van der Waals surface area (Å²) in [6, 6.07) is 5.74. The third kappa shape index (κ3) is 4.51. The number of rotatable bonds is 5. The minimum Gasteiger partial charge on any atom is -0.271 e. The number of aromatic nitrogens is 2. The minimum absolute atomic E-state index is 0.00237. The summed E-state index contributed by atoms with van der Waals surface area (Å²) >= 11 is 0. The van der Waals surface area contributed by atoms with Gasteiger partial charge in [-0.2, -0.15) is 9.40 Å². The van der Waals surface area contributed by atoms with Crippen LogP contribution >= 0.6 is 0 Å². The van der Waals surface area contributed by atoms with Gasteiger partial charge in [0.15, 0.2) is 5.69 Å². The third-order valence-corrected chi connectivity index (χ3v) is 6.29. The molecule has 0 bridgehead atoms. The standard InChI is InChI=1S/C19H25N5O5S/c1-3-11-23-19(27)14-9-5-4-8-13(14)16(22-23)18(26)21-20-17(25)15-10-6-7-12-24(15)30(2,28)29/h4-5,8-9,15H,3,6-7,10-12H2,1-2H3,(H,20,25)(H,21,26). The molecule has 1 unspecified atom stereocenters. The monoisotopic (exact) mass is 435 g/mol. The van der Waals surface area contributed by atoms with Crippen LogP contribution in [0.3, 0.4) is 0 Å². The summed E-state index contributed by atoms with van der Waals surface area (Å²) in [5.41, 5.74) is 4.33. The lowest BCUT2D eigenvalue weighted by Crippen LogP contribution is -2.55. The van der Waals surface area contributed by atoms with Crippen LogP contribution in [0.4, 0.5) is 0 Å². The number of nitrogens with one attached hydrogen (secondary N) is 2. The summed E-state index contributed by atoms with van der Waals surface area (Å²) in [6.45, 7) is 2.50. The fourth-order valence-corrected chi connectivity index (χ4v) is 4.72. The highest BCUT2D eigenvalue weighted by atomic mass is 32.2. The first-order valence-electron chi connectivity index (χ1n) is 9.81. The minimum atomic E-state index is -3.55. The van der Waals surface area contributed by atoms with Crippen LogP contribution in [0.25, 0.3) is 10.8 Å². The Labute approximate surface area is 174 Å². The van der Waals surface area contributed by atoms with E-state index in [-0.39, 0.29) is 17.8 Å². The Kier molecular flexibility index (Phi) is 6.52. The molecule has 3 rings (SSSR count). The Morgan fingerprint density at radius 3 is 2.53 bits per heavy atom. The fourth-order valence-electron chi connectivity index (χ4n) is 3.59. The number of carbonyl (C=O) groups excluding carboxylic acids is 2. The molecule has 1 aromatic heterocycles. The van der Waals surface area contributed by atoms with Gasteiger partial charge >= 0.3 is 0 Å². The highest BCUT2D eigenvalue weighted by Gasteiger charge is 2.34. The predicted molar refractivity (Wildman–Crippen MR) is 111 cm³/mol. The van der Waals surface area contributed by atoms with E-state index in [2.05, 4.69) is 16.0 Å². The maximum absolute atomic E-state index is 12.8. The molecular formula is C19H25N5O5S. The molecule has 1 aliphatic heterocycles. The average Bonchev–Trinajstić information content (AvgIpc) is 2.73. The van der Waals surface area contributed by atoms with Crippen LogP contribution in [0.15, 0.2) is 29.1 Å². The molecule has 1 saturated heterocycles. The lowest BCUT2D eigenvalue weighted by molar-refractivity contribution is -0.126. The molecule has 2 heterocycles. The SMILES string of the molecule is CCCn1nc(C(=O)NNC(=O)C2CCCCN2S(C)(=O)=O)c2ccccc2c1=O. The Bertz CT molecular complexity index is 1130. The van der Waals surface area contributed by atoms with E-state index < -0.39 is 27.9 Å². The molecule has 0 spiro atoms. The van der Waals surface area contributed by atoms with Crippen LogP contribution in [0.5, 0.6) is 0 Å². The van der Waals surface area contributed by atoms with E-state index >= 15 is 0 Å². The molecule has 1 fully saturated rings. The summed E-state index contributed by atoms with van der Waals surface area (Å²) in [4.78, 5) is 37.9. The first-order chi connectivity index (χ1) is 14.2. The van der Waals surface area contributed by atoms with Gasteiger partial charge in [0.1, 0.15) is 6.04 Å². The second kappa shape index (κ2) is 8.92. The molecule has 1 atom stereocenters. The molecule has 1 aliphatic rings. The molecule has 10 nitrogen and oxygen atoms in total. The molecule has 2 aromatic rings. The summed E-state index contributed by atoms with van der Waals surface area (Å²) in [6.07, 6.45) is 3.48. The first-order valence-corrected chi connectivity index (χ1v) is 11.7. The molecule has 11 heteroatoms. The van der Waals surface area contributed by atoms with Gasteiger partial charge in [-0.3, -0.25) is 25.2 Å². The summed E-state index contributed by atoms with van der Waals surface area (Å²) in [7, 11) is -3.55. The van der Waals surface area contributed by atoms with Crippen LogP contribution in [0.1, 0.15) is 43.1 Å². The van der Waals surface area contributed by atoms with E-state index in [1.807, 2.05) is 6.92 Å². The van der Waals surface area contributed by atoms with E-state index in [1.54, 1.807) is 24.3 Å². The van der Waals surface area contributed by atoms with Crippen LogP contribution in [0, 0.1) is 0 Å². The van der Waals surface area contributed by atoms with Gasteiger partial charge in [0.05, 0.1) is 11.6 Å². The molecule has 2 N–H and O–H groups in total. The molecule has 1 aromatic carbocycles. The fraction of sp³-hybridized carbons (Fsp3) is 0.474. The van der Waals surface area contributed by atoms with Gasteiger partial charge in [-0.15, -0.1) is 0 Å². The maximum atomic E-state index is 12.8. The van der Waals surface area contributed by atoms with Crippen molar-refractivity contribution in [2.75, 3.05) is 12.8 Å². The van der Waals surface area contributed by atoms with Crippen LogP contribution < -0.4 is 16.4 Å². The second-order valence-corrected chi connectivity index (χ2v) is 9.19. The van der Waals surface area contributed by atoms with E-state index in [0.29, 0.717) is 43.0 Å². The Balaban J connectivity index is 1.82. The van der Waals surface area contributed by atoms with E-state index in [0.717, 1.165) is 10.6 Å². The number of aryl methyl sites for hydroxylation is 1. The summed E-state index contributed by atoms with van der Waals surface area (Å²) in [5.74, 6) is -1.30. The Morgan fingerprint density at radius 1 is 1.17 bits per heavy atom. The van der Waals surface area contributed by atoms with Crippen LogP contribution in [0.2, 0.25) is 0 Å². The summed E-state index contributed by atoms with van der Waals surface area (Å²) in [5, 5.41) is 4.90. The Morgan fingerprint density at radius 2 is 1.87 bits per heavy atom. The number of benzene rings is 1. The largest absolute Gasteiger partial charge is 0.290 e. The molecular weight excluding hydrogens is 410 g/mol. The molecule has 30 heavy (non-hydrogen) atoms. The van der Waals surface area contributed by atoms with Crippen molar-refractivity contribution in [3.63, 3.8) is 0 Å². The number of carbonyl (C=O) groups is 2. The van der Waals surface area contributed by atoms with Gasteiger partial charge in [-0.25, -0.2) is 13.1 Å². The van der Waals surface area contributed by atoms with Crippen molar-refractivity contribution in [3.05, 3.63) is 40.3 Å². The van der Waals surface area contributed by atoms with Gasteiger partial charge in [0, 0.05) is 18.5 Å². The molecule has 0 aliphatic carbocycles. The molecule has 162 valence electrons. The van der Waals surface area contributed by atoms with Crippen molar-refractivity contribution in [1.82, 2.24) is 24.9 Å². The number of hydrazine groups is 1. The molecule has 0 saturated carbocycles. The highest BCUT2D eigenvalue weighted by Crippen LogP contribution is 2.20. The van der Waals surface area contributed by atoms with Gasteiger partial charge < -0.3 is 0 Å². The summed E-state index contributed by atoms with van der Waals surface area (Å²) < 4.78 is 26.3. The van der Waals surface area contributed by atoms with Crippen LogP contribution in [-0.4, -0.2) is 53.2 Å². The smallest absolute Gasteiger partial charge is 0.271 e. The number of nitrogens with zero attached hydrogens (tertiary/aromatic N) is 3. The number of sulfonamides is 1. The van der Waals surface area contributed by atoms with Crippen molar-refractivity contribution in [2.24, 2.45) is 0 Å². The van der Waals surface area contributed by atoms with Crippen LogP contribution in [-0.2, 0) is 21.4 Å². The Hall–Kier alpha value is -2.79. The third-order valence-electron chi connectivity index (χ3n) is 5.00. The first kappa shape index (κ1) is 21.9. The van der Waals surface area contributed by atoms with E-state index in [4.69, 9.17) is 0 Å². The zero-order valence-corrected chi connectivity index (χ0v) is 17.7. The normalized spacial score (nSPS) is 17.6. The van der Waals surface area contributed by atoms with Gasteiger partial charge in [-0.1, -0.05) is 31.5 Å². The van der Waals surface area contributed by atoms with E-state index in [1.165, 1.54) is 4.68 Å². The lowest BCUT2D eigenvalue weighted by atomic mass is 10.0. The number of hydrogen-bond donors (Lipinski definition) is 2. The van der Waals surface area contributed by atoms with Gasteiger partial charge in [0.25, 0.3) is 17.4 Å². The molecule has 2 amide bonds. The topological polar surface area (TPSA) is 130 Å². The number of hydrogen-bond acceptors (Lipinski definition) is 6. The zero-order valence-electron chi connectivity index (χ0n) is 16.9. The van der Waals surface area contributed by atoms with Gasteiger partial charge in [-0.05, 0) is 25.3 Å². The van der Waals surface area contributed by atoms with Crippen molar-refractivity contribution < 1.29 is 18.0 Å². The molecule has 0 radical (unpaired) electrons. The maximum Gasteiger partial charge on any atom is 0.290 e. The highest BCUT2D eigenvalue weighted by molar-refractivity contribution is 7.88. The van der Waals surface area contributed by atoms with Crippen molar-refractivity contribution in [3.8, 4) is 0 Å². The van der Waals surface area contributed by atoms with Crippen molar-refractivity contribution in [2.45, 2.75) is 45.2 Å². The van der Waals surface area contributed by atoms with Crippen molar-refractivity contribution >= 4 is 32.6 Å². The number of fused-ring (bicyclic) bond motifs is 1. The lowest BCUT2D eigenvalue weighted by Gasteiger charge is -2.32. The van der Waals surface area contributed by atoms with Gasteiger partial charge in [0.2, 0.25) is 10.0 Å². The predicted octanol–water partition coefficient (Wildman–Crippen LogP) is 0.382. The zero-order chi connectivity index (χ0) is 21.9. The second-order valence-electron chi connectivity index (χ2n) is 7.25. The number of amides is 2. The van der Waals surface area contributed by atoms with Crippen molar-refractivity contribution in [1.29, 1.82) is 0 Å².